The van der Waals surface area contributed by atoms with E-state index in [9.17, 15) is 0 Å². The van der Waals surface area contributed by atoms with Gasteiger partial charge in [0.15, 0.2) is 0 Å². The second-order valence-electron chi connectivity index (χ2n) is 3.54. The van der Waals surface area contributed by atoms with Crippen molar-refractivity contribution in [2.24, 2.45) is 10.9 Å². The van der Waals surface area contributed by atoms with Crippen molar-refractivity contribution in [1.82, 2.24) is 4.90 Å². The normalized spacial score (nSPS) is 14.5. The van der Waals surface area contributed by atoms with Gasteiger partial charge in [0, 0.05) is 25.6 Å². The smallest absolute Gasteiger partial charge is 0.140 e. The van der Waals surface area contributed by atoms with E-state index in [2.05, 4.69) is 17.0 Å². The number of hydrogen-bond acceptors (Lipinski definition) is 4. The molecule has 0 aliphatic heterocycles. The van der Waals surface area contributed by atoms with Gasteiger partial charge in [-0.15, -0.1) is 0 Å². The van der Waals surface area contributed by atoms with Crippen molar-refractivity contribution in [1.29, 1.82) is 0 Å². The van der Waals surface area contributed by atoms with E-state index in [1.54, 1.807) is 0 Å². The lowest BCUT2D eigenvalue weighted by atomic mass is 10.1. The van der Waals surface area contributed by atoms with Crippen LogP contribution in [-0.2, 0) is 4.74 Å². The second-order valence-corrected chi connectivity index (χ2v) is 3.54. The third kappa shape index (κ3) is 6.30. The lowest BCUT2D eigenvalue weighted by molar-refractivity contribution is 0.107. The molecule has 0 saturated heterocycles. The first-order valence-corrected chi connectivity index (χ1v) is 5.40. The zero-order valence-electron chi connectivity index (χ0n) is 9.94. The van der Waals surface area contributed by atoms with Crippen molar-refractivity contribution in [2.45, 2.75) is 32.7 Å². The zero-order chi connectivity index (χ0) is 11.7. The summed E-state index contributed by atoms with van der Waals surface area (Å²) < 4.78 is 5.28. The van der Waals surface area contributed by atoms with Gasteiger partial charge >= 0.3 is 0 Å². The maximum absolute atomic E-state index is 8.49. The molecule has 0 aliphatic carbocycles. The fourth-order valence-corrected chi connectivity index (χ4v) is 1.43. The molecule has 0 aromatic heterocycles. The number of likely N-dealkylation sites (N-methyl/N-ethyl adjacent to an activating group) is 1. The summed E-state index contributed by atoms with van der Waals surface area (Å²) in [6.07, 6.45) is 1.56. The summed E-state index contributed by atoms with van der Waals surface area (Å²) in [7, 11) is 2.03. The molecule has 1 atom stereocenters. The Hall–Kier alpha value is -0.810. The Bertz CT molecular complexity index is 186. The number of hydrogen-bond donors (Lipinski definition) is 2. The number of rotatable bonds is 8. The lowest BCUT2D eigenvalue weighted by Crippen LogP contribution is -2.37. The lowest BCUT2D eigenvalue weighted by Gasteiger charge is -2.26. The summed E-state index contributed by atoms with van der Waals surface area (Å²) in [5.74, 6) is 0.283. The van der Waals surface area contributed by atoms with Crippen molar-refractivity contribution in [3.05, 3.63) is 0 Å². The van der Waals surface area contributed by atoms with E-state index < -0.39 is 0 Å². The van der Waals surface area contributed by atoms with Crippen LogP contribution < -0.4 is 5.73 Å². The van der Waals surface area contributed by atoms with Crippen molar-refractivity contribution < 1.29 is 9.94 Å². The molecule has 0 saturated carbocycles. The van der Waals surface area contributed by atoms with Crippen LogP contribution in [-0.4, -0.2) is 48.8 Å². The van der Waals surface area contributed by atoms with Gasteiger partial charge in [-0.05, 0) is 20.4 Å². The number of oxime groups is 1. The number of nitrogens with zero attached hydrogens (tertiary/aromatic N) is 2. The van der Waals surface area contributed by atoms with Crippen molar-refractivity contribution >= 4 is 5.84 Å². The predicted molar refractivity (Wildman–Crippen MR) is 61.2 cm³/mol. The topological polar surface area (TPSA) is 71.1 Å². The average molecular weight is 217 g/mol. The minimum atomic E-state index is 0.283. The molecule has 5 nitrogen and oxygen atoms in total. The Morgan fingerprint density at radius 1 is 1.53 bits per heavy atom. The van der Waals surface area contributed by atoms with Crippen LogP contribution in [0, 0.1) is 0 Å². The SMILES string of the molecule is CCOCCN(C)C(CC)CC(N)=NO. The van der Waals surface area contributed by atoms with Gasteiger partial charge < -0.3 is 20.6 Å². The van der Waals surface area contributed by atoms with Gasteiger partial charge in [-0.3, -0.25) is 0 Å². The molecule has 15 heavy (non-hydrogen) atoms. The summed E-state index contributed by atoms with van der Waals surface area (Å²) in [6.45, 7) is 6.40. The first-order chi connectivity index (χ1) is 7.15. The minimum absolute atomic E-state index is 0.283. The third-order valence-corrected chi connectivity index (χ3v) is 2.46. The maximum atomic E-state index is 8.49. The zero-order valence-corrected chi connectivity index (χ0v) is 9.94. The minimum Gasteiger partial charge on any atom is -0.409 e. The summed E-state index contributed by atoms with van der Waals surface area (Å²) in [5.41, 5.74) is 5.48. The molecule has 90 valence electrons. The molecule has 0 amide bonds. The van der Waals surface area contributed by atoms with E-state index in [-0.39, 0.29) is 5.84 Å². The first-order valence-electron chi connectivity index (χ1n) is 5.40. The number of amidine groups is 1. The molecule has 5 heteroatoms. The second kappa shape index (κ2) is 8.49. The molecular formula is C10H23N3O2. The van der Waals surface area contributed by atoms with Gasteiger partial charge in [-0.25, -0.2) is 0 Å². The molecule has 3 N–H and O–H groups in total. The Morgan fingerprint density at radius 3 is 2.67 bits per heavy atom. The molecule has 0 fully saturated rings. The van der Waals surface area contributed by atoms with Crippen LogP contribution in [0.25, 0.3) is 0 Å². The molecular weight excluding hydrogens is 194 g/mol. The highest BCUT2D eigenvalue weighted by atomic mass is 16.5. The summed E-state index contributed by atoms with van der Waals surface area (Å²) >= 11 is 0. The Labute approximate surface area is 91.9 Å². The highest BCUT2D eigenvalue weighted by Gasteiger charge is 2.14. The van der Waals surface area contributed by atoms with E-state index in [1.807, 2.05) is 14.0 Å². The molecule has 1 unspecified atom stereocenters. The molecule has 0 rings (SSSR count). The Morgan fingerprint density at radius 2 is 2.20 bits per heavy atom. The van der Waals surface area contributed by atoms with E-state index in [4.69, 9.17) is 15.7 Å². The largest absolute Gasteiger partial charge is 0.409 e. The van der Waals surface area contributed by atoms with Crippen LogP contribution in [0.15, 0.2) is 5.16 Å². The van der Waals surface area contributed by atoms with Crippen molar-refractivity contribution in [3.8, 4) is 0 Å². The first kappa shape index (κ1) is 14.2. The highest BCUT2D eigenvalue weighted by Crippen LogP contribution is 2.06. The van der Waals surface area contributed by atoms with Crippen LogP contribution in [0.3, 0.4) is 0 Å². The van der Waals surface area contributed by atoms with E-state index in [0.29, 0.717) is 12.5 Å². The van der Waals surface area contributed by atoms with Gasteiger partial charge in [0.05, 0.1) is 6.61 Å². The molecule has 0 aliphatic rings. The van der Waals surface area contributed by atoms with E-state index >= 15 is 0 Å². The van der Waals surface area contributed by atoms with Gasteiger partial charge in [0.1, 0.15) is 5.84 Å². The fraction of sp³-hybridized carbons (Fsp3) is 0.900. The standard InChI is InChI=1S/C10H23N3O2/c1-4-9(8-10(11)12-14)13(3)6-7-15-5-2/h9,14H,4-8H2,1-3H3,(H2,11,12). The highest BCUT2D eigenvalue weighted by molar-refractivity contribution is 5.80. The van der Waals surface area contributed by atoms with E-state index in [1.165, 1.54) is 0 Å². The molecule has 0 spiro atoms. The fourth-order valence-electron chi connectivity index (χ4n) is 1.43. The van der Waals surface area contributed by atoms with Crippen molar-refractivity contribution in [2.75, 3.05) is 26.8 Å². The van der Waals surface area contributed by atoms with Crippen LogP contribution >= 0.6 is 0 Å². The maximum Gasteiger partial charge on any atom is 0.140 e. The number of nitrogens with two attached hydrogens (primary N) is 1. The van der Waals surface area contributed by atoms with Crippen LogP contribution in [0.2, 0.25) is 0 Å². The monoisotopic (exact) mass is 217 g/mol. The van der Waals surface area contributed by atoms with Gasteiger partial charge in [0.2, 0.25) is 0 Å². The van der Waals surface area contributed by atoms with E-state index in [0.717, 1.165) is 26.2 Å². The molecule has 0 heterocycles. The Balaban J connectivity index is 3.93. The average Bonchev–Trinajstić information content (AvgIpc) is 2.25. The molecule has 0 aromatic rings. The van der Waals surface area contributed by atoms with Crippen molar-refractivity contribution in [3.63, 3.8) is 0 Å². The van der Waals surface area contributed by atoms with Gasteiger partial charge in [-0.2, -0.15) is 0 Å². The summed E-state index contributed by atoms with van der Waals surface area (Å²) in [5, 5.41) is 11.5. The van der Waals surface area contributed by atoms with Gasteiger partial charge in [-0.1, -0.05) is 12.1 Å². The summed E-state index contributed by atoms with van der Waals surface area (Å²) in [4.78, 5) is 2.17. The summed E-state index contributed by atoms with van der Waals surface area (Å²) in [6, 6.07) is 0.307. The van der Waals surface area contributed by atoms with Crippen LogP contribution in [0.1, 0.15) is 26.7 Å². The molecule has 0 bridgehead atoms. The van der Waals surface area contributed by atoms with Crippen LogP contribution in [0.4, 0.5) is 0 Å². The quantitative estimate of drug-likeness (QED) is 0.208. The third-order valence-electron chi connectivity index (χ3n) is 2.46. The molecule has 0 radical (unpaired) electrons. The predicted octanol–water partition coefficient (Wildman–Crippen LogP) is 0.870. The Kier molecular flexibility index (Phi) is 8.04. The van der Waals surface area contributed by atoms with Crippen LogP contribution in [0.5, 0.6) is 0 Å². The number of ether oxygens (including phenoxy) is 1. The van der Waals surface area contributed by atoms with Gasteiger partial charge in [0.25, 0.3) is 0 Å². The molecule has 0 aromatic carbocycles.